The molecule has 9 heteroatoms. The second kappa shape index (κ2) is 48.5. The molecule has 0 aromatic rings. The Morgan fingerprint density at radius 3 is 1.14 bits per heavy atom. The molecule has 0 aromatic carbocycles. The van der Waals surface area contributed by atoms with Crippen molar-refractivity contribution in [3.63, 3.8) is 0 Å². The molecule has 0 fully saturated rings. The van der Waals surface area contributed by atoms with Crippen molar-refractivity contribution in [1.29, 1.82) is 0 Å². The monoisotopic (exact) mass is 923 g/mol. The number of quaternary nitrogens is 1. The highest BCUT2D eigenvalue weighted by molar-refractivity contribution is 5.71. The van der Waals surface area contributed by atoms with Crippen molar-refractivity contribution >= 4 is 17.9 Å². The molecule has 0 rings (SSSR count). The first-order chi connectivity index (χ1) is 31.6. The van der Waals surface area contributed by atoms with Gasteiger partial charge in [-0.3, -0.25) is 9.59 Å². The minimum Gasteiger partial charge on any atom is -0.477 e. The third-order valence-electron chi connectivity index (χ3n) is 12.5. The van der Waals surface area contributed by atoms with Crippen molar-refractivity contribution in [3.05, 3.63) is 12.2 Å². The molecule has 2 atom stereocenters. The van der Waals surface area contributed by atoms with Crippen molar-refractivity contribution in [2.75, 3.05) is 47.5 Å². The number of allylic oxidation sites excluding steroid dienone is 2. The molecule has 0 saturated carbocycles. The maximum atomic E-state index is 12.8. The molecule has 0 aromatic heterocycles. The van der Waals surface area contributed by atoms with Gasteiger partial charge >= 0.3 is 17.9 Å². The summed E-state index contributed by atoms with van der Waals surface area (Å²) in [6.07, 6.45) is 51.3. The van der Waals surface area contributed by atoms with E-state index in [1.807, 2.05) is 21.1 Å². The molecule has 0 heterocycles. The molecule has 0 radical (unpaired) electrons. The summed E-state index contributed by atoms with van der Waals surface area (Å²) in [5.74, 6) is -1.98. The van der Waals surface area contributed by atoms with E-state index in [2.05, 4.69) is 26.0 Å². The molecular weight excluding hydrogens is 815 g/mol. The van der Waals surface area contributed by atoms with Crippen LogP contribution in [0, 0.1) is 0 Å². The summed E-state index contributed by atoms with van der Waals surface area (Å²) in [5, 5.41) is 9.68. The zero-order valence-corrected chi connectivity index (χ0v) is 43.7. The lowest BCUT2D eigenvalue weighted by Gasteiger charge is -2.25. The molecule has 0 spiro atoms. The average molecular weight is 923 g/mol. The Bertz CT molecular complexity index is 1070. The largest absolute Gasteiger partial charge is 0.477 e. The molecule has 65 heavy (non-hydrogen) atoms. The maximum Gasteiger partial charge on any atom is 0.361 e. The van der Waals surface area contributed by atoms with Crippen LogP contribution in [-0.4, -0.2) is 87.4 Å². The summed E-state index contributed by atoms with van der Waals surface area (Å²) >= 11 is 0. The van der Waals surface area contributed by atoms with E-state index in [0.29, 0.717) is 17.4 Å². The SMILES string of the molecule is CCCCCCCCCC/C=C\CCCCCCCCCCCCCC(=O)OC(COC(=O)CCCCCCCCCCCCCCCCCCC)COC(OCC[N+](C)(C)C)C(=O)O. The topological polar surface area (TPSA) is 108 Å². The summed E-state index contributed by atoms with van der Waals surface area (Å²) in [5.41, 5.74) is 0. The summed E-state index contributed by atoms with van der Waals surface area (Å²) in [6, 6.07) is 0. The van der Waals surface area contributed by atoms with Crippen molar-refractivity contribution in [2.24, 2.45) is 0 Å². The van der Waals surface area contributed by atoms with Gasteiger partial charge in [0, 0.05) is 12.8 Å². The number of esters is 2. The van der Waals surface area contributed by atoms with E-state index in [9.17, 15) is 19.5 Å². The van der Waals surface area contributed by atoms with Gasteiger partial charge in [0.15, 0.2) is 6.10 Å². The fourth-order valence-corrected chi connectivity index (χ4v) is 8.19. The van der Waals surface area contributed by atoms with Gasteiger partial charge in [-0.15, -0.1) is 0 Å². The molecule has 2 unspecified atom stereocenters. The van der Waals surface area contributed by atoms with Crippen LogP contribution >= 0.6 is 0 Å². The normalized spacial score (nSPS) is 12.8. The smallest absolute Gasteiger partial charge is 0.361 e. The van der Waals surface area contributed by atoms with E-state index in [1.54, 1.807) is 0 Å². The van der Waals surface area contributed by atoms with Gasteiger partial charge in [0.05, 0.1) is 34.4 Å². The molecule has 0 aliphatic heterocycles. The van der Waals surface area contributed by atoms with Crippen LogP contribution in [0.1, 0.15) is 271 Å². The molecule has 1 N–H and O–H groups in total. The van der Waals surface area contributed by atoms with E-state index >= 15 is 0 Å². The van der Waals surface area contributed by atoms with Gasteiger partial charge in [-0.2, -0.15) is 0 Å². The van der Waals surface area contributed by atoms with Gasteiger partial charge in [-0.1, -0.05) is 231 Å². The minimum absolute atomic E-state index is 0.175. The number of aliphatic carboxylic acids is 1. The van der Waals surface area contributed by atoms with Crippen molar-refractivity contribution < 1.29 is 42.9 Å². The first-order valence-electron chi connectivity index (χ1n) is 27.9. The van der Waals surface area contributed by atoms with Crippen LogP contribution in [0.15, 0.2) is 12.2 Å². The molecule has 0 aliphatic carbocycles. The van der Waals surface area contributed by atoms with E-state index in [0.717, 1.165) is 38.5 Å². The zero-order valence-electron chi connectivity index (χ0n) is 43.7. The third-order valence-corrected chi connectivity index (χ3v) is 12.5. The van der Waals surface area contributed by atoms with Gasteiger partial charge in [0.2, 0.25) is 0 Å². The summed E-state index contributed by atoms with van der Waals surface area (Å²) < 4.78 is 22.9. The van der Waals surface area contributed by atoms with Crippen LogP contribution in [-0.2, 0) is 33.3 Å². The van der Waals surface area contributed by atoms with Gasteiger partial charge in [-0.05, 0) is 38.5 Å². The minimum atomic E-state index is -1.50. The first-order valence-corrected chi connectivity index (χ1v) is 27.9. The van der Waals surface area contributed by atoms with Crippen molar-refractivity contribution in [2.45, 2.75) is 283 Å². The van der Waals surface area contributed by atoms with Gasteiger partial charge < -0.3 is 28.5 Å². The van der Waals surface area contributed by atoms with E-state index in [-0.39, 0.29) is 38.2 Å². The number of rotatable bonds is 52. The number of likely N-dealkylation sites (N-methyl/N-ethyl adjacent to an activating group) is 1. The predicted octanol–water partition coefficient (Wildman–Crippen LogP) is 15.8. The Labute approximate surface area is 402 Å². The van der Waals surface area contributed by atoms with E-state index in [1.165, 1.54) is 205 Å². The molecule has 0 saturated heterocycles. The standard InChI is InChI=1S/C56H107NO8/c1-6-8-10-12-14-16-18-20-22-24-25-26-27-28-29-31-33-35-37-39-41-43-45-47-54(59)65-52(51-64-56(55(60)61)62-49-48-57(3,4)5)50-63-53(58)46-44-42-40-38-36-34-32-30-23-21-19-17-15-13-11-9-7-2/h24-25,52,56H,6-23,26-51H2,1-5H3/p+1/b25-24-. The van der Waals surface area contributed by atoms with Crippen molar-refractivity contribution in [3.8, 4) is 0 Å². The van der Waals surface area contributed by atoms with Gasteiger partial charge in [-0.25, -0.2) is 4.79 Å². The first kappa shape index (κ1) is 63.0. The van der Waals surface area contributed by atoms with Crippen LogP contribution in [0.25, 0.3) is 0 Å². The number of unbranched alkanes of at least 4 members (excludes halogenated alkanes) is 35. The van der Waals surface area contributed by atoms with Gasteiger partial charge in [0.25, 0.3) is 6.29 Å². The lowest BCUT2D eigenvalue weighted by atomic mass is 10.0. The zero-order chi connectivity index (χ0) is 47.7. The predicted molar refractivity (Wildman–Crippen MR) is 272 cm³/mol. The molecule has 0 aliphatic rings. The Kier molecular flexibility index (Phi) is 47.0. The summed E-state index contributed by atoms with van der Waals surface area (Å²) in [4.78, 5) is 37.3. The van der Waals surface area contributed by atoms with Crippen LogP contribution in [0.2, 0.25) is 0 Å². The Morgan fingerprint density at radius 2 is 0.785 bits per heavy atom. The van der Waals surface area contributed by atoms with Crippen LogP contribution < -0.4 is 0 Å². The number of carboxylic acid groups (broad SMARTS) is 1. The molecule has 9 nitrogen and oxygen atoms in total. The number of hydrogen-bond donors (Lipinski definition) is 1. The highest BCUT2D eigenvalue weighted by Gasteiger charge is 2.25. The number of hydrogen-bond acceptors (Lipinski definition) is 7. The average Bonchev–Trinajstić information content (AvgIpc) is 3.27. The third kappa shape index (κ3) is 49.8. The van der Waals surface area contributed by atoms with E-state index < -0.39 is 18.4 Å². The lowest BCUT2D eigenvalue weighted by Crippen LogP contribution is -2.40. The molecule has 384 valence electrons. The number of carbonyl (C=O) groups is 3. The fraction of sp³-hybridized carbons (Fsp3) is 0.911. The number of carboxylic acids is 1. The lowest BCUT2D eigenvalue weighted by molar-refractivity contribution is -0.870. The fourth-order valence-electron chi connectivity index (χ4n) is 8.19. The molecule has 0 amide bonds. The highest BCUT2D eigenvalue weighted by Crippen LogP contribution is 2.17. The Balaban J connectivity index is 4.24. The number of nitrogens with zero attached hydrogens (tertiary/aromatic N) is 1. The second-order valence-electron chi connectivity index (χ2n) is 20.3. The quantitative estimate of drug-likeness (QED) is 0.0211. The van der Waals surface area contributed by atoms with E-state index in [4.69, 9.17) is 18.9 Å². The van der Waals surface area contributed by atoms with Crippen LogP contribution in [0.5, 0.6) is 0 Å². The van der Waals surface area contributed by atoms with Crippen LogP contribution in [0.4, 0.5) is 0 Å². The second-order valence-corrected chi connectivity index (χ2v) is 20.3. The number of ether oxygens (including phenoxy) is 4. The molecular formula is C56H108NO8+. The number of carbonyl (C=O) groups excluding carboxylic acids is 2. The highest BCUT2D eigenvalue weighted by atomic mass is 16.7. The van der Waals surface area contributed by atoms with Gasteiger partial charge in [0.1, 0.15) is 13.2 Å². The van der Waals surface area contributed by atoms with Crippen molar-refractivity contribution in [1.82, 2.24) is 0 Å². The Hall–Kier alpha value is -1.97. The maximum absolute atomic E-state index is 12.8. The molecule has 0 bridgehead atoms. The van der Waals surface area contributed by atoms with Crippen LogP contribution in [0.3, 0.4) is 0 Å². The Morgan fingerprint density at radius 1 is 0.446 bits per heavy atom. The summed E-state index contributed by atoms with van der Waals surface area (Å²) in [6.45, 7) is 4.93. The summed E-state index contributed by atoms with van der Waals surface area (Å²) in [7, 11) is 5.98.